The zero-order chi connectivity index (χ0) is 19.8. The third-order valence-corrected chi connectivity index (χ3v) is 5.11. The fourth-order valence-electron chi connectivity index (χ4n) is 3.56. The van der Waals surface area contributed by atoms with E-state index in [1.165, 1.54) is 0 Å². The van der Waals surface area contributed by atoms with Crippen molar-refractivity contribution in [1.82, 2.24) is 24.6 Å². The van der Waals surface area contributed by atoms with Crippen LogP contribution in [0.2, 0.25) is 0 Å². The molecule has 4 heterocycles. The first-order chi connectivity index (χ1) is 14.2. The summed E-state index contributed by atoms with van der Waals surface area (Å²) in [7, 11) is 0. The number of carbonyl (C=O) groups is 1. The number of hydrogen-bond donors (Lipinski definition) is 0. The maximum atomic E-state index is 12.5. The van der Waals surface area contributed by atoms with Crippen molar-refractivity contribution in [3.05, 3.63) is 77.7 Å². The van der Waals surface area contributed by atoms with Gasteiger partial charge in [-0.05, 0) is 49.2 Å². The Balaban J connectivity index is 1.46. The Kier molecular flexibility index (Phi) is 4.20. The van der Waals surface area contributed by atoms with Crippen LogP contribution in [-0.4, -0.2) is 37.3 Å². The second-order valence-corrected chi connectivity index (χ2v) is 7.05. The number of ether oxygens (including phenoxy) is 1. The number of amides is 1. The smallest absolute Gasteiger partial charge is 0.391 e. The van der Waals surface area contributed by atoms with Gasteiger partial charge < -0.3 is 9.64 Å². The number of aryl methyl sites for hydroxylation is 1. The van der Waals surface area contributed by atoms with Crippen LogP contribution < -0.4 is 4.74 Å². The first kappa shape index (κ1) is 17.4. The quantitative estimate of drug-likeness (QED) is 0.536. The Morgan fingerprint density at radius 3 is 2.69 bits per heavy atom. The predicted octanol–water partition coefficient (Wildman–Crippen LogP) is 3.68. The van der Waals surface area contributed by atoms with Crippen LogP contribution in [-0.2, 0) is 13.0 Å². The minimum absolute atomic E-state index is 0.361. The lowest BCUT2D eigenvalue weighted by Crippen LogP contribution is -2.38. The summed E-state index contributed by atoms with van der Waals surface area (Å²) >= 11 is 0. The highest BCUT2D eigenvalue weighted by Crippen LogP contribution is 2.30. The number of nitrogens with zero attached hydrogens (tertiary/aromatic N) is 5. The summed E-state index contributed by atoms with van der Waals surface area (Å²) in [4.78, 5) is 22.9. The van der Waals surface area contributed by atoms with Gasteiger partial charge >= 0.3 is 6.09 Å². The molecule has 0 N–H and O–H groups in total. The molecule has 29 heavy (non-hydrogen) atoms. The van der Waals surface area contributed by atoms with E-state index in [9.17, 15) is 4.79 Å². The van der Waals surface area contributed by atoms with Crippen LogP contribution in [0.5, 0.6) is 5.88 Å². The average Bonchev–Trinajstić information content (AvgIpc) is 3.08. The predicted molar refractivity (Wildman–Crippen MR) is 108 cm³/mol. The molecular weight excluding hydrogens is 366 g/mol. The van der Waals surface area contributed by atoms with Gasteiger partial charge in [-0.2, -0.15) is 10.1 Å². The number of aromatic nitrogens is 4. The fraction of sp³-hybridized carbons (Fsp3) is 0.182. The van der Waals surface area contributed by atoms with Gasteiger partial charge in [0.15, 0.2) is 5.65 Å². The molecule has 0 atom stereocenters. The van der Waals surface area contributed by atoms with Gasteiger partial charge in [0.25, 0.3) is 0 Å². The zero-order valence-corrected chi connectivity index (χ0v) is 15.9. The van der Waals surface area contributed by atoms with E-state index in [0.717, 1.165) is 34.3 Å². The van der Waals surface area contributed by atoms with Crippen molar-refractivity contribution in [2.45, 2.75) is 19.9 Å². The molecule has 0 fully saturated rings. The van der Waals surface area contributed by atoms with E-state index < -0.39 is 0 Å². The van der Waals surface area contributed by atoms with Gasteiger partial charge in [-0.3, -0.25) is 4.98 Å². The highest BCUT2D eigenvalue weighted by atomic mass is 16.6. The van der Waals surface area contributed by atoms with Crippen LogP contribution in [0.1, 0.15) is 16.8 Å². The Bertz CT molecular complexity index is 1190. The third kappa shape index (κ3) is 3.20. The average molecular weight is 385 g/mol. The van der Waals surface area contributed by atoms with Crippen LogP contribution in [0.3, 0.4) is 0 Å². The molecule has 0 aliphatic carbocycles. The molecule has 1 amide bonds. The van der Waals surface area contributed by atoms with Gasteiger partial charge in [0.2, 0.25) is 5.88 Å². The third-order valence-electron chi connectivity index (χ3n) is 5.11. The summed E-state index contributed by atoms with van der Waals surface area (Å²) in [6.45, 7) is 3.01. The summed E-state index contributed by atoms with van der Waals surface area (Å²) in [5, 5.41) is 5.60. The van der Waals surface area contributed by atoms with Gasteiger partial charge in [0.05, 0.1) is 17.9 Å². The van der Waals surface area contributed by atoms with E-state index in [0.29, 0.717) is 24.6 Å². The Hall–Kier alpha value is -3.74. The molecule has 4 aromatic rings. The number of rotatable bonds is 4. The van der Waals surface area contributed by atoms with Crippen molar-refractivity contribution in [2.75, 3.05) is 6.54 Å². The molecule has 1 aromatic carbocycles. The van der Waals surface area contributed by atoms with Gasteiger partial charge in [-0.25, -0.2) is 9.48 Å². The van der Waals surface area contributed by atoms with E-state index in [1.54, 1.807) is 22.0 Å². The Morgan fingerprint density at radius 2 is 1.90 bits per heavy atom. The van der Waals surface area contributed by atoms with Crippen LogP contribution >= 0.6 is 0 Å². The van der Waals surface area contributed by atoms with Crippen LogP contribution in [0, 0.1) is 6.92 Å². The van der Waals surface area contributed by atoms with Crippen molar-refractivity contribution < 1.29 is 9.53 Å². The van der Waals surface area contributed by atoms with Gasteiger partial charge in [0.1, 0.15) is 0 Å². The van der Waals surface area contributed by atoms with Gasteiger partial charge in [-0.15, -0.1) is 0 Å². The van der Waals surface area contributed by atoms with Crippen molar-refractivity contribution >= 4 is 17.1 Å². The number of pyridine rings is 2. The molecule has 5 rings (SSSR count). The highest BCUT2D eigenvalue weighted by Gasteiger charge is 2.27. The number of carbonyl (C=O) groups excluding carboxylic acids is 1. The largest absolute Gasteiger partial charge is 0.416 e. The second kappa shape index (κ2) is 7.01. The first-order valence-electron chi connectivity index (χ1n) is 9.49. The minimum Gasteiger partial charge on any atom is -0.391 e. The number of benzene rings is 1. The van der Waals surface area contributed by atoms with Crippen LogP contribution in [0.15, 0.2) is 60.9 Å². The standard InChI is InChI=1S/C22H19N5O2/c1-15-19-13-17-14-26(12-9-16-7-10-23-11-8-16)22(28)29-21(17)24-20(19)27(25-15)18-5-3-2-4-6-18/h2-8,10-11,13H,9,12,14H2,1H3. The summed E-state index contributed by atoms with van der Waals surface area (Å²) < 4.78 is 7.35. The van der Waals surface area contributed by atoms with Crippen molar-refractivity contribution in [3.63, 3.8) is 0 Å². The molecule has 7 heteroatoms. The molecule has 1 aliphatic rings. The van der Waals surface area contributed by atoms with Crippen LogP contribution in [0.25, 0.3) is 16.7 Å². The molecule has 0 radical (unpaired) electrons. The topological polar surface area (TPSA) is 73.1 Å². The lowest BCUT2D eigenvalue weighted by molar-refractivity contribution is 0.136. The zero-order valence-electron chi connectivity index (χ0n) is 15.9. The molecule has 3 aromatic heterocycles. The van der Waals surface area contributed by atoms with E-state index in [2.05, 4.69) is 15.1 Å². The van der Waals surface area contributed by atoms with Gasteiger partial charge in [0, 0.05) is 29.9 Å². The SMILES string of the molecule is Cc1nn(-c2ccccc2)c2nc3c(cc12)CN(CCc1ccncc1)C(=O)O3. The minimum atomic E-state index is -0.374. The summed E-state index contributed by atoms with van der Waals surface area (Å²) in [6.07, 6.45) is 3.88. The van der Waals surface area contributed by atoms with Crippen molar-refractivity contribution in [2.24, 2.45) is 0 Å². The highest BCUT2D eigenvalue weighted by molar-refractivity contribution is 5.83. The molecule has 0 saturated carbocycles. The maximum Gasteiger partial charge on any atom is 0.416 e. The Labute approximate surface area is 167 Å². The van der Waals surface area contributed by atoms with E-state index in [4.69, 9.17) is 4.74 Å². The lowest BCUT2D eigenvalue weighted by atomic mass is 10.1. The normalized spacial score (nSPS) is 13.4. The summed E-state index contributed by atoms with van der Waals surface area (Å²) in [5.41, 5.74) is 4.51. The molecule has 0 spiro atoms. The monoisotopic (exact) mass is 385 g/mol. The molecule has 0 saturated heterocycles. The van der Waals surface area contributed by atoms with Crippen LogP contribution in [0.4, 0.5) is 4.79 Å². The number of para-hydroxylation sites is 1. The number of fused-ring (bicyclic) bond motifs is 2. The molecular formula is C22H19N5O2. The molecule has 0 bridgehead atoms. The van der Waals surface area contributed by atoms with E-state index in [1.807, 2.05) is 55.5 Å². The molecule has 7 nitrogen and oxygen atoms in total. The fourth-order valence-corrected chi connectivity index (χ4v) is 3.56. The molecule has 0 unspecified atom stereocenters. The lowest BCUT2D eigenvalue weighted by Gasteiger charge is -2.27. The maximum absolute atomic E-state index is 12.5. The van der Waals surface area contributed by atoms with E-state index >= 15 is 0 Å². The summed E-state index contributed by atoms with van der Waals surface area (Å²) in [5.74, 6) is 0.361. The summed E-state index contributed by atoms with van der Waals surface area (Å²) in [6, 6.07) is 15.8. The Morgan fingerprint density at radius 1 is 1.10 bits per heavy atom. The van der Waals surface area contributed by atoms with Gasteiger partial charge in [-0.1, -0.05) is 18.2 Å². The van der Waals surface area contributed by atoms with Crippen molar-refractivity contribution in [3.8, 4) is 11.6 Å². The second-order valence-electron chi connectivity index (χ2n) is 7.05. The molecule has 1 aliphatic heterocycles. The first-order valence-corrected chi connectivity index (χ1v) is 9.49. The number of hydrogen-bond acceptors (Lipinski definition) is 5. The van der Waals surface area contributed by atoms with Crippen molar-refractivity contribution in [1.29, 1.82) is 0 Å². The van der Waals surface area contributed by atoms with E-state index in [-0.39, 0.29) is 6.09 Å². The molecule has 144 valence electrons.